The number of hydrogen-bond donors (Lipinski definition) is 1. The predicted molar refractivity (Wildman–Crippen MR) is 92.3 cm³/mol. The van der Waals surface area contributed by atoms with Crippen molar-refractivity contribution in [2.75, 3.05) is 13.1 Å². The van der Waals surface area contributed by atoms with Gasteiger partial charge in [-0.2, -0.15) is 0 Å². The summed E-state index contributed by atoms with van der Waals surface area (Å²) in [4.78, 5) is 0. The number of rotatable bonds is 7. The lowest BCUT2D eigenvalue weighted by molar-refractivity contribution is 0.478. The molecule has 0 aliphatic rings. The molecule has 0 fully saturated rings. The van der Waals surface area contributed by atoms with Crippen molar-refractivity contribution in [2.45, 2.75) is 19.8 Å². The van der Waals surface area contributed by atoms with Crippen LogP contribution in [0.5, 0.6) is 0 Å². The molecule has 21 heavy (non-hydrogen) atoms. The van der Waals surface area contributed by atoms with Crippen molar-refractivity contribution in [3.05, 3.63) is 69.7 Å². The molecule has 2 aromatic rings. The topological polar surface area (TPSA) is 12.0 Å². The predicted octanol–water partition coefficient (Wildman–Crippen LogP) is 5.00. The average molecular weight is 322 g/mol. The van der Waals surface area contributed by atoms with Crippen LogP contribution in [0.4, 0.5) is 0 Å². The molecule has 0 amide bonds. The molecule has 0 bridgehead atoms. The standard InChI is InChI=1S/C18H21Cl2N/c1-2-21-13-15(10-14-6-5-8-17(19)12-14)11-16-7-3-4-9-18(16)20/h3-9,12,15,21H,2,10-11,13H2,1H3. The molecule has 2 aromatic carbocycles. The van der Waals surface area contributed by atoms with Gasteiger partial charge in [-0.3, -0.25) is 0 Å². The summed E-state index contributed by atoms with van der Waals surface area (Å²) < 4.78 is 0. The van der Waals surface area contributed by atoms with Gasteiger partial charge in [-0.25, -0.2) is 0 Å². The summed E-state index contributed by atoms with van der Waals surface area (Å²) in [5.74, 6) is 0.503. The Morgan fingerprint density at radius 3 is 2.52 bits per heavy atom. The van der Waals surface area contributed by atoms with Crippen LogP contribution >= 0.6 is 23.2 Å². The van der Waals surface area contributed by atoms with E-state index in [1.165, 1.54) is 11.1 Å². The highest BCUT2D eigenvalue weighted by molar-refractivity contribution is 6.31. The molecule has 112 valence electrons. The van der Waals surface area contributed by atoms with Crippen molar-refractivity contribution < 1.29 is 0 Å². The van der Waals surface area contributed by atoms with Crippen LogP contribution in [-0.4, -0.2) is 13.1 Å². The SMILES string of the molecule is CCNCC(Cc1cccc(Cl)c1)Cc1ccccc1Cl. The van der Waals surface area contributed by atoms with Crippen LogP contribution in [-0.2, 0) is 12.8 Å². The summed E-state index contributed by atoms with van der Waals surface area (Å²) in [7, 11) is 0. The van der Waals surface area contributed by atoms with Crippen molar-refractivity contribution in [2.24, 2.45) is 5.92 Å². The van der Waals surface area contributed by atoms with Gasteiger partial charge < -0.3 is 5.32 Å². The van der Waals surface area contributed by atoms with Gasteiger partial charge in [-0.15, -0.1) is 0 Å². The van der Waals surface area contributed by atoms with E-state index < -0.39 is 0 Å². The molecule has 0 spiro atoms. The maximum atomic E-state index is 6.29. The maximum absolute atomic E-state index is 6.29. The van der Waals surface area contributed by atoms with E-state index in [-0.39, 0.29) is 0 Å². The lowest BCUT2D eigenvalue weighted by Crippen LogP contribution is -2.25. The van der Waals surface area contributed by atoms with E-state index in [0.717, 1.165) is 36.0 Å². The quantitative estimate of drug-likeness (QED) is 0.756. The minimum absolute atomic E-state index is 0.503. The molecule has 0 saturated heterocycles. The highest BCUT2D eigenvalue weighted by Gasteiger charge is 2.12. The van der Waals surface area contributed by atoms with E-state index in [1.54, 1.807) is 0 Å². The van der Waals surface area contributed by atoms with E-state index in [2.05, 4.69) is 24.4 Å². The molecule has 0 aromatic heterocycles. The van der Waals surface area contributed by atoms with Gasteiger partial charge in [0.2, 0.25) is 0 Å². The van der Waals surface area contributed by atoms with E-state index in [1.807, 2.05) is 36.4 Å². The molecular formula is C18H21Cl2N. The van der Waals surface area contributed by atoms with Crippen molar-refractivity contribution in [1.29, 1.82) is 0 Å². The van der Waals surface area contributed by atoms with E-state index >= 15 is 0 Å². The van der Waals surface area contributed by atoms with Crippen LogP contribution in [0.25, 0.3) is 0 Å². The maximum Gasteiger partial charge on any atom is 0.0438 e. The van der Waals surface area contributed by atoms with Gasteiger partial charge in [-0.05, 0) is 61.2 Å². The third kappa shape index (κ3) is 5.35. The van der Waals surface area contributed by atoms with Crippen LogP contribution in [0, 0.1) is 5.92 Å². The molecule has 1 nitrogen and oxygen atoms in total. The van der Waals surface area contributed by atoms with Gasteiger partial charge in [0.25, 0.3) is 0 Å². The van der Waals surface area contributed by atoms with Crippen LogP contribution in [0.2, 0.25) is 10.0 Å². The normalized spacial score (nSPS) is 12.3. The summed E-state index contributed by atoms with van der Waals surface area (Å²) in [6, 6.07) is 16.2. The third-order valence-electron chi connectivity index (χ3n) is 3.56. The summed E-state index contributed by atoms with van der Waals surface area (Å²) in [6.07, 6.45) is 1.97. The minimum Gasteiger partial charge on any atom is -0.317 e. The highest BCUT2D eigenvalue weighted by atomic mass is 35.5. The largest absolute Gasteiger partial charge is 0.317 e. The molecule has 0 aliphatic carbocycles. The second-order valence-electron chi connectivity index (χ2n) is 5.30. The second-order valence-corrected chi connectivity index (χ2v) is 6.15. The van der Waals surface area contributed by atoms with Gasteiger partial charge in [0.1, 0.15) is 0 Å². The molecule has 0 saturated carbocycles. The van der Waals surface area contributed by atoms with Crippen LogP contribution in [0.1, 0.15) is 18.1 Å². The Kier molecular flexibility index (Phi) is 6.56. The molecule has 1 N–H and O–H groups in total. The van der Waals surface area contributed by atoms with Crippen LogP contribution in [0.15, 0.2) is 48.5 Å². The Morgan fingerprint density at radius 2 is 1.81 bits per heavy atom. The van der Waals surface area contributed by atoms with Gasteiger partial charge in [0, 0.05) is 10.0 Å². The lowest BCUT2D eigenvalue weighted by Gasteiger charge is -2.18. The van der Waals surface area contributed by atoms with Gasteiger partial charge in [-0.1, -0.05) is 60.5 Å². The van der Waals surface area contributed by atoms with Crippen molar-refractivity contribution in [3.8, 4) is 0 Å². The number of nitrogens with one attached hydrogen (secondary N) is 1. The summed E-state index contributed by atoms with van der Waals surface area (Å²) in [6.45, 7) is 4.09. The number of hydrogen-bond acceptors (Lipinski definition) is 1. The number of halogens is 2. The smallest absolute Gasteiger partial charge is 0.0438 e. The summed E-state index contributed by atoms with van der Waals surface area (Å²) in [5, 5.41) is 5.10. The monoisotopic (exact) mass is 321 g/mol. The Balaban J connectivity index is 2.09. The fourth-order valence-corrected chi connectivity index (χ4v) is 2.96. The zero-order chi connectivity index (χ0) is 15.1. The molecule has 0 radical (unpaired) electrons. The number of benzene rings is 2. The molecule has 1 unspecified atom stereocenters. The van der Waals surface area contributed by atoms with E-state index in [9.17, 15) is 0 Å². The Morgan fingerprint density at radius 1 is 1.00 bits per heavy atom. The first kappa shape index (κ1) is 16.4. The Bertz CT molecular complexity index is 569. The Labute approximate surface area is 137 Å². The summed E-state index contributed by atoms with van der Waals surface area (Å²) in [5.41, 5.74) is 2.49. The highest BCUT2D eigenvalue weighted by Crippen LogP contribution is 2.22. The third-order valence-corrected chi connectivity index (χ3v) is 4.17. The second kappa shape index (κ2) is 8.43. The Hall–Kier alpha value is -1.02. The molecule has 3 heteroatoms. The van der Waals surface area contributed by atoms with Gasteiger partial charge in [0.05, 0.1) is 0 Å². The zero-order valence-electron chi connectivity index (χ0n) is 12.3. The average Bonchev–Trinajstić information content (AvgIpc) is 2.47. The molecule has 0 heterocycles. The molecule has 1 atom stereocenters. The van der Waals surface area contributed by atoms with Gasteiger partial charge >= 0.3 is 0 Å². The van der Waals surface area contributed by atoms with Crippen LogP contribution in [0.3, 0.4) is 0 Å². The fraction of sp³-hybridized carbons (Fsp3) is 0.333. The molecule has 2 rings (SSSR count). The molecular weight excluding hydrogens is 301 g/mol. The minimum atomic E-state index is 0.503. The van der Waals surface area contributed by atoms with Gasteiger partial charge in [0.15, 0.2) is 0 Å². The van der Waals surface area contributed by atoms with Crippen molar-refractivity contribution in [3.63, 3.8) is 0 Å². The first-order valence-corrected chi connectivity index (χ1v) is 8.13. The van der Waals surface area contributed by atoms with Crippen LogP contribution < -0.4 is 5.32 Å². The van der Waals surface area contributed by atoms with E-state index in [0.29, 0.717) is 5.92 Å². The summed E-state index contributed by atoms with van der Waals surface area (Å²) >= 11 is 12.4. The molecule has 0 aliphatic heterocycles. The lowest BCUT2D eigenvalue weighted by atomic mass is 9.92. The van der Waals surface area contributed by atoms with E-state index in [4.69, 9.17) is 23.2 Å². The first-order chi connectivity index (χ1) is 10.2. The van der Waals surface area contributed by atoms with Crippen molar-refractivity contribution in [1.82, 2.24) is 5.32 Å². The fourth-order valence-electron chi connectivity index (χ4n) is 2.54. The first-order valence-electron chi connectivity index (χ1n) is 7.37. The zero-order valence-corrected chi connectivity index (χ0v) is 13.8. The van der Waals surface area contributed by atoms with Crippen molar-refractivity contribution >= 4 is 23.2 Å².